The van der Waals surface area contributed by atoms with Crippen LogP contribution in [-0.4, -0.2) is 17.6 Å². The number of carbonyl (C=O) groups is 1. The highest BCUT2D eigenvalue weighted by atomic mass is 35.5. The molecule has 0 aliphatic heterocycles. The molecule has 1 amide bonds. The molecule has 6 nitrogen and oxygen atoms in total. The number of carbonyl (C=O) groups excluding carboxylic acids is 1. The van der Waals surface area contributed by atoms with E-state index in [2.05, 4.69) is 5.32 Å². The number of nitrogens with one attached hydrogen (secondary N) is 1. The van der Waals surface area contributed by atoms with Crippen molar-refractivity contribution in [2.24, 2.45) is 0 Å². The van der Waals surface area contributed by atoms with Crippen LogP contribution in [0.4, 0.5) is 10.2 Å². The maximum absolute atomic E-state index is 13.5. The standard InChI is InChI=1S/C26H17Cl3FN3O3/c1-36-22-9-7-18(26(34)31-25-20(29)11-16(28)13-33(25)35)23-19-10-15(27)4-8-21(19)32(24(22)23)12-14-2-5-17(30)6-3-14/h2-11,13H,12H2,1H3,(H,31,34). The van der Waals surface area contributed by atoms with E-state index in [-0.39, 0.29) is 27.2 Å². The molecule has 0 spiro atoms. The lowest BCUT2D eigenvalue weighted by Crippen LogP contribution is -2.33. The van der Waals surface area contributed by atoms with Gasteiger partial charge in [0.2, 0.25) is 0 Å². The molecule has 0 atom stereocenters. The van der Waals surface area contributed by atoms with Crippen molar-refractivity contribution >= 4 is 68.3 Å². The van der Waals surface area contributed by atoms with Crippen molar-refractivity contribution in [3.8, 4) is 5.75 Å². The van der Waals surface area contributed by atoms with E-state index in [1.165, 1.54) is 25.3 Å². The van der Waals surface area contributed by atoms with E-state index >= 15 is 0 Å². The molecule has 0 saturated carbocycles. The highest BCUT2D eigenvalue weighted by Gasteiger charge is 2.25. The van der Waals surface area contributed by atoms with Crippen LogP contribution in [0.15, 0.2) is 66.9 Å². The Hall–Kier alpha value is -3.52. The van der Waals surface area contributed by atoms with Gasteiger partial charge in [-0.1, -0.05) is 46.9 Å². The van der Waals surface area contributed by atoms with Crippen molar-refractivity contribution < 1.29 is 18.7 Å². The van der Waals surface area contributed by atoms with Crippen LogP contribution >= 0.6 is 34.8 Å². The van der Waals surface area contributed by atoms with Gasteiger partial charge in [0.25, 0.3) is 0 Å². The van der Waals surface area contributed by atoms with Crippen LogP contribution in [0.25, 0.3) is 21.8 Å². The van der Waals surface area contributed by atoms with E-state index in [9.17, 15) is 14.4 Å². The quantitative estimate of drug-likeness (QED) is 0.195. The zero-order chi connectivity index (χ0) is 25.6. The third kappa shape index (κ3) is 4.30. The first kappa shape index (κ1) is 24.2. The van der Waals surface area contributed by atoms with Crippen LogP contribution in [0.1, 0.15) is 15.9 Å². The molecule has 0 aliphatic rings. The molecule has 2 heterocycles. The van der Waals surface area contributed by atoms with Gasteiger partial charge in [0, 0.05) is 27.9 Å². The van der Waals surface area contributed by atoms with Gasteiger partial charge < -0.3 is 14.5 Å². The van der Waals surface area contributed by atoms with E-state index < -0.39 is 5.91 Å². The van der Waals surface area contributed by atoms with Crippen molar-refractivity contribution in [3.05, 3.63) is 104 Å². The van der Waals surface area contributed by atoms with Gasteiger partial charge >= 0.3 is 11.7 Å². The molecule has 182 valence electrons. The Bertz CT molecular complexity index is 1630. The second kappa shape index (κ2) is 9.50. The zero-order valence-corrected chi connectivity index (χ0v) is 21.0. The molecule has 5 aromatic rings. The molecule has 0 unspecified atom stereocenters. The number of anilines is 1. The molecule has 0 aliphatic carbocycles. The van der Waals surface area contributed by atoms with Crippen LogP contribution in [0.5, 0.6) is 5.75 Å². The van der Waals surface area contributed by atoms with Gasteiger partial charge in [0.1, 0.15) is 22.8 Å². The van der Waals surface area contributed by atoms with Crippen LogP contribution in [0.2, 0.25) is 15.1 Å². The topological polar surface area (TPSA) is 70.2 Å². The summed E-state index contributed by atoms with van der Waals surface area (Å²) in [6.07, 6.45) is 1.10. The van der Waals surface area contributed by atoms with Gasteiger partial charge in [0.15, 0.2) is 0 Å². The SMILES string of the molecule is COc1ccc(C(=O)Nc2c(Cl)cc(Cl)c[n+]2[O-])c2c3cc(Cl)ccc3n(Cc3ccc(F)cc3)c12. The van der Waals surface area contributed by atoms with Gasteiger partial charge in [-0.05, 0) is 54.1 Å². The number of hydrogen-bond acceptors (Lipinski definition) is 3. The van der Waals surface area contributed by atoms with E-state index in [0.717, 1.165) is 17.3 Å². The summed E-state index contributed by atoms with van der Waals surface area (Å²) in [6.45, 7) is 0.382. The first-order chi connectivity index (χ1) is 17.3. The first-order valence-electron chi connectivity index (χ1n) is 10.7. The Morgan fingerprint density at radius 2 is 1.81 bits per heavy atom. The Labute approximate surface area is 220 Å². The fourth-order valence-electron chi connectivity index (χ4n) is 4.27. The van der Waals surface area contributed by atoms with Crippen molar-refractivity contribution in [1.29, 1.82) is 0 Å². The summed E-state index contributed by atoms with van der Waals surface area (Å²) in [5.74, 6) is -0.513. The largest absolute Gasteiger partial charge is 0.711 e. The number of methoxy groups -OCH3 is 1. The lowest BCUT2D eigenvalue weighted by Gasteiger charge is -2.12. The third-order valence-electron chi connectivity index (χ3n) is 5.83. The van der Waals surface area contributed by atoms with Crippen LogP contribution in [0.3, 0.4) is 0 Å². The molecule has 0 radical (unpaired) electrons. The lowest BCUT2D eigenvalue weighted by molar-refractivity contribution is -0.589. The van der Waals surface area contributed by atoms with E-state index in [0.29, 0.717) is 38.3 Å². The number of rotatable bonds is 5. The molecule has 0 fully saturated rings. The van der Waals surface area contributed by atoms with Crippen molar-refractivity contribution in [2.75, 3.05) is 12.4 Å². The lowest BCUT2D eigenvalue weighted by atomic mass is 10.0. The van der Waals surface area contributed by atoms with Crippen LogP contribution in [-0.2, 0) is 6.54 Å². The van der Waals surface area contributed by atoms with Gasteiger partial charge in [-0.25, -0.2) is 19.2 Å². The Balaban J connectivity index is 1.73. The third-order valence-corrected chi connectivity index (χ3v) is 6.56. The summed E-state index contributed by atoms with van der Waals surface area (Å²) in [7, 11) is 1.54. The average molecular weight is 545 g/mol. The molecule has 3 aromatic carbocycles. The van der Waals surface area contributed by atoms with E-state index in [1.54, 1.807) is 36.4 Å². The van der Waals surface area contributed by atoms with E-state index in [1.807, 2.05) is 10.6 Å². The van der Waals surface area contributed by atoms with Crippen molar-refractivity contribution in [2.45, 2.75) is 6.54 Å². The molecular weight excluding hydrogens is 528 g/mol. The summed E-state index contributed by atoms with van der Waals surface area (Å²) in [6, 6.07) is 16.2. The minimum atomic E-state index is -0.558. The monoisotopic (exact) mass is 543 g/mol. The molecule has 1 N–H and O–H groups in total. The second-order valence-electron chi connectivity index (χ2n) is 8.05. The number of halogens is 4. The number of nitrogens with zero attached hydrogens (tertiary/aromatic N) is 2. The number of amides is 1. The predicted molar refractivity (Wildman–Crippen MR) is 140 cm³/mol. The first-order valence-corrected chi connectivity index (χ1v) is 11.8. The highest BCUT2D eigenvalue weighted by Crippen LogP contribution is 2.39. The summed E-state index contributed by atoms with van der Waals surface area (Å²) in [4.78, 5) is 13.5. The maximum Gasteiger partial charge on any atom is 0.339 e. The fourth-order valence-corrected chi connectivity index (χ4v) is 4.94. The van der Waals surface area contributed by atoms with Gasteiger partial charge in [-0.15, -0.1) is 0 Å². The normalized spacial score (nSPS) is 11.2. The Morgan fingerprint density at radius 3 is 2.50 bits per heavy atom. The molecule has 0 saturated heterocycles. The number of aromatic nitrogens is 2. The molecule has 0 bridgehead atoms. The van der Waals surface area contributed by atoms with Crippen molar-refractivity contribution in [1.82, 2.24) is 4.57 Å². The van der Waals surface area contributed by atoms with Crippen LogP contribution < -0.4 is 14.8 Å². The molecule has 5 rings (SSSR count). The van der Waals surface area contributed by atoms with E-state index in [4.69, 9.17) is 39.5 Å². The Morgan fingerprint density at radius 1 is 1.06 bits per heavy atom. The summed E-state index contributed by atoms with van der Waals surface area (Å²) >= 11 is 18.4. The number of fused-ring (bicyclic) bond motifs is 3. The Kier molecular flexibility index (Phi) is 6.38. The van der Waals surface area contributed by atoms with Gasteiger partial charge in [-0.3, -0.25) is 0 Å². The average Bonchev–Trinajstić information content (AvgIpc) is 3.15. The van der Waals surface area contributed by atoms with Crippen molar-refractivity contribution in [3.63, 3.8) is 0 Å². The summed E-state index contributed by atoms with van der Waals surface area (Å²) in [5.41, 5.74) is 2.56. The molecule has 10 heteroatoms. The molecule has 36 heavy (non-hydrogen) atoms. The van der Waals surface area contributed by atoms with Crippen LogP contribution in [0, 0.1) is 11.0 Å². The number of hydrogen-bond donors (Lipinski definition) is 1. The minimum absolute atomic E-state index is 0.00242. The molecular formula is C26H17Cl3FN3O3. The fraction of sp³-hybridized carbons (Fsp3) is 0.0769. The second-order valence-corrected chi connectivity index (χ2v) is 9.33. The summed E-state index contributed by atoms with van der Waals surface area (Å²) in [5, 5.41) is 16.8. The summed E-state index contributed by atoms with van der Waals surface area (Å²) < 4.78 is 21.5. The number of ether oxygens (including phenoxy) is 1. The zero-order valence-electron chi connectivity index (χ0n) is 18.7. The maximum atomic E-state index is 13.5. The minimum Gasteiger partial charge on any atom is -0.711 e. The van der Waals surface area contributed by atoms with Gasteiger partial charge in [0.05, 0.1) is 23.2 Å². The van der Waals surface area contributed by atoms with Gasteiger partial charge in [-0.2, -0.15) is 0 Å². The highest BCUT2D eigenvalue weighted by molar-refractivity contribution is 6.36. The number of pyridine rings is 1. The predicted octanol–water partition coefficient (Wildman–Crippen LogP) is 6.84. The molecule has 2 aromatic heterocycles. The number of benzene rings is 3. The smallest absolute Gasteiger partial charge is 0.339 e.